The van der Waals surface area contributed by atoms with Crippen molar-refractivity contribution in [1.29, 1.82) is 0 Å². The predicted molar refractivity (Wildman–Crippen MR) is 102 cm³/mol. The molecule has 2 aromatic rings. The standard InChI is InChI=1S/C20H28N4O/c1-21-20(22-14-18(23(2)3)19-10-7-13-25-19)24-12-11-17(15-24)16-8-5-4-6-9-16/h4-10,13,17-18H,11-12,14-15H2,1-3H3,(H,21,22). The van der Waals surface area contributed by atoms with Gasteiger partial charge in [0, 0.05) is 32.6 Å². The molecule has 25 heavy (non-hydrogen) atoms. The molecule has 0 amide bonds. The number of nitrogens with zero attached hydrogens (tertiary/aromatic N) is 3. The average molecular weight is 340 g/mol. The maximum absolute atomic E-state index is 5.59. The third-order valence-electron chi connectivity index (χ3n) is 4.92. The van der Waals surface area contributed by atoms with Crippen molar-refractivity contribution in [2.45, 2.75) is 18.4 Å². The van der Waals surface area contributed by atoms with Gasteiger partial charge in [-0.1, -0.05) is 30.3 Å². The molecule has 0 saturated carbocycles. The minimum absolute atomic E-state index is 0.180. The van der Waals surface area contributed by atoms with Gasteiger partial charge in [-0.15, -0.1) is 0 Å². The molecule has 0 aliphatic carbocycles. The Morgan fingerprint density at radius 2 is 2.08 bits per heavy atom. The van der Waals surface area contributed by atoms with E-state index in [2.05, 4.69) is 64.5 Å². The van der Waals surface area contributed by atoms with E-state index in [9.17, 15) is 0 Å². The van der Waals surface area contributed by atoms with Gasteiger partial charge < -0.3 is 14.6 Å². The van der Waals surface area contributed by atoms with Crippen LogP contribution in [0.3, 0.4) is 0 Å². The summed E-state index contributed by atoms with van der Waals surface area (Å²) in [5.74, 6) is 2.52. The van der Waals surface area contributed by atoms with Gasteiger partial charge in [0.15, 0.2) is 5.96 Å². The number of furan rings is 1. The van der Waals surface area contributed by atoms with E-state index in [1.54, 1.807) is 6.26 Å². The molecule has 0 spiro atoms. The number of hydrogen-bond donors (Lipinski definition) is 1. The number of hydrogen-bond acceptors (Lipinski definition) is 3. The maximum Gasteiger partial charge on any atom is 0.193 e. The third-order valence-corrected chi connectivity index (χ3v) is 4.92. The average Bonchev–Trinajstić information content (AvgIpc) is 3.31. The lowest BCUT2D eigenvalue weighted by Crippen LogP contribution is -2.43. The Balaban J connectivity index is 1.60. The fourth-order valence-electron chi connectivity index (χ4n) is 3.49. The quantitative estimate of drug-likeness (QED) is 0.671. The molecule has 1 aliphatic rings. The topological polar surface area (TPSA) is 44.0 Å². The lowest BCUT2D eigenvalue weighted by atomic mass is 9.99. The molecular weight excluding hydrogens is 312 g/mol. The maximum atomic E-state index is 5.59. The van der Waals surface area contributed by atoms with E-state index in [0.29, 0.717) is 5.92 Å². The van der Waals surface area contributed by atoms with Gasteiger partial charge in [0.05, 0.1) is 12.3 Å². The van der Waals surface area contributed by atoms with Crippen molar-refractivity contribution < 1.29 is 4.42 Å². The third kappa shape index (κ3) is 4.23. The summed E-state index contributed by atoms with van der Waals surface area (Å²) in [6, 6.07) is 14.9. The highest BCUT2D eigenvalue weighted by Crippen LogP contribution is 2.27. The molecule has 2 unspecified atom stereocenters. The molecule has 5 nitrogen and oxygen atoms in total. The highest BCUT2D eigenvalue weighted by molar-refractivity contribution is 5.80. The van der Waals surface area contributed by atoms with E-state index >= 15 is 0 Å². The van der Waals surface area contributed by atoms with E-state index in [1.807, 2.05) is 19.2 Å². The summed E-state index contributed by atoms with van der Waals surface area (Å²) in [6.07, 6.45) is 2.89. The van der Waals surface area contributed by atoms with Crippen LogP contribution in [0.15, 0.2) is 58.1 Å². The van der Waals surface area contributed by atoms with E-state index < -0.39 is 0 Å². The van der Waals surface area contributed by atoms with Gasteiger partial charge in [-0.25, -0.2) is 0 Å². The zero-order valence-corrected chi connectivity index (χ0v) is 15.4. The van der Waals surface area contributed by atoms with Gasteiger partial charge in [-0.05, 0) is 38.2 Å². The van der Waals surface area contributed by atoms with Gasteiger partial charge in [0.2, 0.25) is 0 Å². The molecule has 1 N–H and O–H groups in total. The molecule has 134 valence electrons. The molecule has 1 saturated heterocycles. The van der Waals surface area contributed by atoms with Crippen molar-refractivity contribution in [1.82, 2.24) is 15.1 Å². The summed E-state index contributed by atoms with van der Waals surface area (Å²) in [5.41, 5.74) is 1.42. The van der Waals surface area contributed by atoms with Crippen LogP contribution in [0.4, 0.5) is 0 Å². The molecule has 2 atom stereocenters. The SMILES string of the molecule is CN=C(NCC(c1ccco1)N(C)C)N1CCC(c2ccccc2)C1. The van der Waals surface area contributed by atoms with Crippen molar-refractivity contribution in [3.8, 4) is 0 Å². The summed E-state index contributed by atoms with van der Waals surface area (Å²) in [7, 11) is 5.99. The molecule has 0 bridgehead atoms. The smallest absolute Gasteiger partial charge is 0.193 e. The number of guanidine groups is 1. The van der Waals surface area contributed by atoms with Crippen LogP contribution < -0.4 is 5.32 Å². The molecule has 3 rings (SSSR count). The van der Waals surface area contributed by atoms with Crippen LogP contribution >= 0.6 is 0 Å². The van der Waals surface area contributed by atoms with Gasteiger partial charge >= 0.3 is 0 Å². The highest BCUT2D eigenvalue weighted by Gasteiger charge is 2.26. The first-order chi connectivity index (χ1) is 12.2. The monoisotopic (exact) mass is 340 g/mol. The fraction of sp³-hybridized carbons (Fsp3) is 0.450. The van der Waals surface area contributed by atoms with Crippen LogP contribution in [0.1, 0.15) is 29.7 Å². The molecule has 1 aromatic carbocycles. The van der Waals surface area contributed by atoms with E-state index in [4.69, 9.17) is 4.42 Å². The largest absolute Gasteiger partial charge is 0.468 e. The molecule has 1 fully saturated rings. The molecule has 1 aromatic heterocycles. The minimum Gasteiger partial charge on any atom is -0.468 e. The van der Waals surface area contributed by atoms with Crippen molar-refractivity contribution in [3.05, 3.63) is 60.1 Å². The van der Waals surface area contributed by atoms with Crippen LogP contribution in [0.5, 0.6) is 0 Å². The molecular formula is C20H28N4O. The predicted octanol–water partition coefficient (Wildman–Crippen LogP) is 2.95. The Morgan fingerprint density at radius 3 is 2.72 bits per heavy atom. The lowest BCUT2D eigenvalue weighted by Gasteiger charge is -2.27. The number of rotatable bonds is 5. The zero-order valence-electron chi connectivity index (χ0n) is 15.4. The number of benzene rings is 1. The molecule has 5 heteroatoms. The summed E-state index contributed by atoms with van der Waals surface area (Å²) >= 11 is 0. The zero-order chi connectivity index (χ0) is 17.6. The number of aliphatic imine (C=N–C) groups is 1. The van der Waals surface area contributed by atoms with Crippen LogP contribution in [0.2, 0.25) is 0 Å². The Morgan fingerprint density at radius 1 is 1.28 bits per heavy atom. The summed E-state index contributed by atoms with van der Waals surface area (Å²) < 4.78 is 5.59. The first-order valence-electron chi connectivity index (χ1n) is 8.89. The molecule has 1 aliphatic heterocycles. The Bertz CT molecular complexity index is 666. The number of nitrogens with one attached hydrogen (secondary N) is 1. The van der Waals surface area contributed by atoms with E-state index in [-0.39, 0.29) is 6.04 Å². The van der Waals surface area contributed by atoms with Crippen molar-refractivity contribution in [2.24, 2.45) is 4.99 Å². The second kappa shape index (κ2) is 8.21. The number of likely N-dealkylation sites (N-methyl/N-ethyl adjacent to an activating group) is 1. The van der Waals surface area contributed by atoms with Crippen molar-refractivity contribution >= 4 is 5.96 Å². The second-order valence-corrected chi connectivity index (χ2v) is 6.77. The van der Waals surface area contributed by atoms with E-state index in [0.717, 1.165) is 31.4 Å². The molecule has 0 radical (unpaired) electrons. The van der Waals surface area contributed by atoms with E-state index in [1.165, 1.54) is 12.0 Å². The Kier molecular flexibility index (Phi) is 5.76. The van der Waals surface area contributed by atoms with Gasteiger partial charge in [-0.3, -0.25) is 9.89 Å². The van der Waals surface area contributed by atoms with Crippen molar-refractivity contribution in [3.63, 3.8) is 0 Å². The first-order valence-corrected chi connectivity index (χ1v) is 8.89. The summed E-state index contributed by atoms with van der Waals surface area (Å²) in [4.78, 5) is 9.01. The summed E-state index contributed by atoms with van der Waals surface area (Å²) in [6.45, 7) is 2.81. The Hall–Kier alpha value is -2.27. The van der Waals surface area contributed by atoms with Crippen molar-refractivity contribution in [2.75, 3.05) is 40.8 Å². The lowest BCUT2D eigenvalue weighted by molar-refractivity contribution is 0.256. The van der Waals surface area contributed by atoms with Gasteiger partial charge in [-0.2, -0.15) is 0 Å². The van der Waals surface area contributed by atoms with Crippen LogP contribution in [0.25, 0.3) is 0 Å². The van der Waals surface area contributed by atoms with Gasteiger partial charge in [0.1, 0.15) is 5.76 Å². The molecule has 2 heterocycles. The first kappa shape index (κ1) is 17.5. The fourth-order valence-corrected chi connectivity index (χ4v) is 3.49. The Labute approximate surface area is 150 Å². The summed E-state index contributed by atoms with van der Waals surface area (Å²) in [5, 5.41) is 3.53. The second-order valence-electron chi connectivity index (χ2n) is 6.77. The van der Waals surface area contributed by atoms with Crippen LogP contribution in [-0.2, 0) is 0 Å². The van der Waals surface area contributed by atoms with Crippen LogP contribution in [0, 0.1) is 0 Å². The highest BCUT2D eigenvalue weighted by atomic mass is 16.3. The van der Waals surface area contributed by atoms with Crippen LogP contribution in [-0.4, -0.2) is 56.5 Å². The number of likely N-dealkylation sites (tertiary alicyclic amines) is 1. The minimum atomic E-state index is 0.180. The normalized spacial score (nSPS) is 19.4. The van der Waals surface area contributed by atoms with Gasteiger partial charge in [0.25, 0.3) is 0 Å².